The van der Waals surface area contributed by atoms with Crippen molar-refractivity contribution in [1.82, 2.24) is 0 Å². The number of fused-ring (bicyclic) bond motifs is 4. The number of rotatable bonds is 10. The van der Waals surface area contributed by atoms with E-state index in [-0.39, 0.29) is 0 Å². The van der Waals surface area contributed by atoms with Crippen LogP contribution in [0.5, 0.6) is 0 Å². The SMILES string of the molecule is CCCC1(Cc2cc3c(-c4cccc5ccccc45)cccc3[cH-]2)CCCCCCCC1.CCCC1(Cc2cc3c(-c4cccc5ccccc45)cccc3[cH-]2)CCCCCCCC1.C[Si]C.[Cl][Zr+2][Cl]. The first kappa shape index (κ1) is 54.5. The molecule has 2 radical (unpaired) electrons. The molecule has 8 aromatic rings. The van der Waals surface area contributed by atoms with Gasteiger partial charge >= 0.3 is 37.9 Å². The predicted molar refractivity (Wildman–Crippen MR) is 310 cm³/mol. The van der Waals surface area contributed by atoms with Gasteiger partial charge in [-0.15, -0.1) is 69.1 Å². The van der Waals surface area contributed by atoms with Gasteiger partial charge < -0.3 is 0 Å². The summed E-state index contributed by atoms with van der Waals surface area (Å²) in [4.78, 5) is 0. The van der Waals surface area contributed by atoms with Crippen molar-refractivity contribution in [1.29, 1.82) is 0 Å². The van der Waals surface area contributed by atoms with Crippen LogP contribution in [-0.4, -0.2) is 9.52 Å². The third kappa shape index (κ3) is 14.5. The molecule has 4 heteroatoms. The van der Waals surface area contributed by atoms with Crippen LogP contribution in [0.1, 0.15) is 153 Å². The van der Waals surface area contributed by atoms with Crippen LogP contribution in [0.15, 0.2) is 146 Å². The van der Waals surface area contributed by atoms with E-state index in [1.807, 2.05) is 0 Å². The molecule has 2 aliphatic carbocycles. The molecular weight excluding hydrogens is 983 g/mol. The van der Waals surface area contributed by atoms with E-state index >= 15 is 0 Å². The van der Waals surface area contributed by atoms with E-state index in [1.54, 1.807) is 11.1 Å². The van der Waals surface area contributed by atoms with Crippen LogP contribution in [0, 0.1) is 10.8 Å². The van der Waals surface area contributed by atoms with E-state index in [1.165, 1.54) is 207 Å². The zero-order chi connectivity index (χ0) is 49.0. The fourth-order valence-corrected chi connectivity index (χ4v) is 12.8. The Morgan fingerprint density at radius 3 is 1.09 bits per heavy atom. The number of hydrogen-bond donors (Lipinski definition) is 0. The molecule has 10 rings (SSSR count). The first-order valence-corrected chi connectivity index (χ1v) is 35.6. The third-order valence-corrected chi connectivity index (χ3v) is 15.8. The van der Waals surface area contributed by atoms with Crippen LogP contribution in [0.25, 0.3) is 65.3 Å². The summed E-state index contributed by atoms with van der Waals surface area (Å²) in [5.74, 6) is 0. The molecule has 366 valence electrons. The van der Waals surface area contributed by atoms with E-state index in [0.717, 1.165) is 9.52 Å². The summed E-state index contributed by atoms with van der Waals surface area (Å²) in [5.41, 5.74) is 9.59. The van der Waals surface area contributed by atoms with E-state index < -0.39 is 20.8 Å². The summed E-state index contributed by atoms with van der Waals surface area (Å²) in [7, 11) is 11.0. The summed E-state index contributed by atoms with van der Waals surface area (Å²) in [6, 6.07) is 54.8. The van der Waals surface area contributed by atoms with Crippen molar-refractivity contribution in [3.63, 3.8) is 0 Å². The molecule has 0 heterocycles. The summed E-state index contributed by atoms with van der Waals surface area (Å²) < 4.78 is 0. The Hall–Kier alpha value is -3.26. The number of hydrogen-bond acceptors (Lipinski definition) is 0. The molecule has 0 bridgehead atoms. The van der Waals surface area contributed by atoms with Gasteiger partial charge in [0.1, 0.15) is 0 Å². The van der Waals surface area contributed by atoms with Crippen LogP contribution < -0.4 is 0 Å². The van der Waals surface area contributed by atoms with Gasteiger partial charge in [-0.3, -0.25) is 0 Å². The molecule has 70 heavy (non-hydrogen) atoms. The second kappa shape index (κ2) is 28.3. The Kier molecular flexibility index (Phi) is 22.0. The minimum atomic E-state index is -0.826. The fourth-order valence-electron chi connectivity index (χ4n) is 12.8. The first-order chi connectivity index (χ1) is 34.4. The van der Waals surface area contributed by atoms with Crippen molar-refractivity contribution >= 4 is 69.6 Å². The standard InChI is InChI=1S/2C32H37.C2H6Si.2ClH.Zr/c2*1-2-19-32(20-9-5-3-4-6-10-21-32)24-25-22-27-15-12-18-30(31(27)23-25)29-17-11-14-26-13-7-8-16-28(26)29;1-3-2;;;/h2*7-8,11-18,22-23H,2-6,9-10,19-21,24H2,1H3;1-2H3;2*1H;/q2*-1;;;;+4/p-2. The molecule has 0 saturated heterocycles. The molecule has 2 saturated carbocycles. The Bertz CT molecular complexity index is 2570. The summed E-state index contributed by atoms with van der Waals surface area (Å²) in [5, 5.41) is 11.0. The van der Waals surface area contributed by atoms with Crippen molar-refractivity contribution in [3.05, 3.63) is 157 Å². The van der Waals surface area contributed by atoms with Crippen molar-refractivity contribution in [3.8, 4) is 22.3 Å². The van der Waals surface area contributed by atoms with Gasteiger partial charge in [-0.2, -0.15) is 12.1 Å². The molecule has 2 aliphatic rings. The van der Waals surface area contributed by atoms with Crippen LogP contribution in [0.4, 0.5) is 0 Å². The Morgan fingerprint density at radius 1 is 0.429 bits per heavy atom. The van der Waals surface area contributed by atoms with Crippen molar-refractivity contribution in [2.75, 3.05) is 0 Å². The van der Waals surface area contributed by atoms with Gasteiger partial charge in [0, 0.05) is 9.52 Å². The van der Waals surface area contributed by atoms with Crippen LogP contribution >= 0.6 is 17.0 Å². The molecule has 0 nitrogen and oxygen atoms in total. The molecular formula is C66H80Cl2SiZr. The van der Waals surface area contributed by atoms with Crippen molar-refractivity contribution in [2.45, 2.75) is 168 Å². The molecule has 0 amide bonds. The van der Waals surface area contributed by atoms with E-state index in [9.17, 15) is 0 Å². The second-order valence-corrected chi connectivity index (χ2v) is 25.8. The van der Waals surface area contributed by atoms with Gasteiger partial charge in [0.15, 0.2) is 0 Å². The average Bonchev–Trinajstić information content (AvgIpc) is 4.03. The normalized spacial score (nSPS) is 16.1. The van der Waals surface area contributed by atoms with Crippen molar-refractivity contribution < 1.29 is 20.8 Å². The zero-order valence-corrected chi connectivity index (χ0v) is 48.1. The first-order valence-electron chi connectivity index (χ1n) is 27.3. The molecule has 0 unspecified atom stereocenters. The molecule has 0 atom stereocenters. The quantitative estimate of drug-likeness (QED) is 0.0946. The van der Waals surface area contributed by atoms with Gasteiger partial charge in [-0.25, -0.2) is 0 Å². The van der Waals surface area contributed by atoms with E-state index in [4.69, 9.17) is 17.0 Å². The van der Waals surface area contributed by atoms with Gasteiger partial charge in [-0.1, -0.05) is 225 Å². The number of benzene rings is 6. The molecule has 0 spiro atoms. The van der Waals surface area contributed by atoms with Gasteiger partial charge in [0.2, 0.25) is 0 Å². The monoisotopic (exact) mass is 1060 g/mol. The number of halogens is 2. The van der Waals surface area contributed by atoms with Crippen LogP contribution in [-0.2, 0) is 33.7 Å². The third-order valence-electron chi connectivity index (χ3n) is 15.8. The van der Waals surface area contributed by atoms with Crippen molar-refractivity contribution in [2.24, 2.45) is 10.8 Å². The predicted octanol–water partition coefficient (Wildman–Crippen LogP) is 21.8. The summed E-state index contributed by atoms with van der Waals surface area (Å²) >= 11 is -0.826. The topological polar surface area (TPSA) is 0 Å². The zero-order valence-electron chi connectivity index (χ0n) is 43.2. The molecule has 2 fully saturated rings. The Balaban J connectivity index is 0.000000186. The summed E-state index contributed by atoms with van der Waals surface area (Å²) in [6.07, 6.45) is 30.7. The van der Waals surface area contributed by atoms with Crippen LogP contribution in [0.2, 0.25) is 13.1 Å². The van der Waals surface area contributed by atoms with E-state index in [2.05, 4.69) is 173 Å². The minimum absolute atomic E-state index is 0.503. The second-order valence-electron chi connectivity index (χ2n) is 21.1. The molecule has 8 aromatic carbocycles. The fraction of sp³-hybridized carbons (Fsp3) is 0.424. The average molecular weight is 1060 g/mol. The molecule has 0 aromatic heterocycles. The Labute approximate surface area is 445 Å². The maximum absolute atomic E-state index is 4.93. The molecule has 0 aliphatic heterocycles. The van der Waals surface area contributed by atoms with Gasteiger partial charge in [-0.05, 0) is 94.9 Å². The van der Waals surface area contributed by atoms with E-state index in [0.29, 0.717) is 10.8 Å². The summed E-state index contributed by atoms with van der Waals surface area (Å²) in [6.45, 7) is 9.07. The Morgan fingerprint density at radius 2 is 0.729 bits per heavy atom. The molecule has 0 N–H and O–H groups in total. The van der Waals surface area contributed by atoms with Crippen LogP contribution in [0.3, 0.4) is 0 Å². The van der Waals surface area contributed by atoms with Gasteiger partial charge in [0.05, 0.1) is 0 Å². The van der Waals surface area contributed by atoms with Gasteiger partial charge in [0.25, 0.3) is 0 Å². The maximum atomic E-state index is 4.93.